The molecule has 3 heteroatoms. The molecule has 5 rings (SSSR count). The smallest absolute Gasteiger partial charge is 0.117 e. The van der Waals surface area contributed by atoms with Gasteiger partial charge in [0.25, 0.3) is 0 Å². The van der Waals surface area contributed by atoms with Crippen molar-refractivity contribution in [3.05, 3.63) is 28.8 Å². The Hall–Kier alpha value is -0.730. The lowest BCUT2D eigenvalue weighted by Crippen LogP contribution is -2.58. The zero-order valence-corrected chi connectivity index (χ0v) is 12.5. The molecule has 0 heterocycles. The third kappa shape index (κ3) is 2.23. The topological polar surface area (TPSA) is 32.3 Å². The van der Waals surface area contributed by atoms with Crippen molar-refractivity contribution < 1.29 is 5.11 Å². The summed E-state index contributed by atoms with van der Waals surface area (Å²) in [6.07, 6.45) is 8.49. The van der Waals surface area contributed by atoms with Crippen molar-refractivity contribution in [1.82, 2.24) is 5.32 Å². The lowest BCUT2D eigenvalue weighted by molar-refractivity contribution is -0.0205. The van der Waals surface area contributed by atoms with Crippen molar-refractivity contribution in [3.8, 4) is 5.75 Å². The van der Waals surface area contributed by atoms with Crippen LogP contribution in [-0.4, -0.2) is 10.6 Å². The Morgan fingerprint density at radius 3 is 2.25 bits per heavy atom. The number of halogens is 1. The van der Waals surface area contributed by atoms with Crippen LogP contribution in [0, 0.1) is 17.8 Å². The lowest BCUT2D eigenvalue weighted by Gasteiger charge is -2.57. The summed E-state index contributed by atoms with van der Waals surface area (Å²) >= 11 is 6.22. The van der Waals surface area contributed by atoms with Gasteiger partial charge >= 0.3 is 0 Å². The lowest BCUT2D eigenvalue weighted by atomic mass is 9.53. The molecule has 0 unspecified atom stereocenters. The summed E-state index contributed by atoms with van der Waals surface area (Å²) in [6.45, 7) is 0.825. The van der Waals surface area contributed by atoms with Crippen LogP contribution in [0.2, 0.25) is 5.02 Å². The highest BCUT2D eigenvalue weighted by molar-refractivity contribution is 6.31. The predicted octanol–water partition coefficient (Wildman–Crippen LogP) is 4.10. The largest absolute Gasteiger partial charge is 0.508 e. The van der Waals surface area contributed by atoms with Crippen LogP contribution >= 0.6 is 11.6 Å². The Morgan fingerprint density at radius 1 is 1.10 bits per heavy atom. The first-order chi connectivity index (χ1) is 9.62. The molecular formula is C17H22ClNO. The van der Waals surface area contributed by atoms with Crippen LogP contribution in [0.3, 0.4) is 0 Å². The van der Waals surface area contributed by atoms with Crippen molar-refractivity contribution in [1.29, 1.82) is 0 Å². The number of hydrogen-bond acceptors (Lipinski definition) is 2. The van der Waals surface area contributed by atoms with E-state index in [1.165, 1.54) is 38.5 Å². The average molecular weight is 292 g/mol. The molecule has 4 bridgehead atoms. The Labute approximate surface area is 125 Å². The zero-order valence-electron chi connectivity index (χ0n) is 11.7. The summed E-state index contributed by atoms with van der Waals surface area (Å²) < 4.78 is 0. The van der Waals surface area contributed by atoms with E-state index in [0.29, 0.717) is 10.6 Å². The second-order valence-corrected chi connectivity index (χ2v) is 7.73. The molecule has 0 saturated heterocycles. The van der Waals surface area contributed by atoms with Gasteiger partial charge in [-0.05, 0) is 74.0 Å². The molecule has 4 aliphatic rings. The summed E-state index contributed by atoms with van der Waals surface area (Å²) in [5, 5.41) is 13.9. The number of phenolic OH excluding ortho intramolecular Hbond substituents is 1. The van der Waals surface area contributed by atoms with E-state index in [1.54, 1.807) is 12.1 Å². The first-order valence-electron chi connectivity index (χ1n) is 7.84. The standard InChI is InChI=1S/C17H22ClNO/c18-16-6-15(20)2-1-14(16)10-19-17-7-11-3-12(8-17)5-13(4-11)9-17/h1-2,6,11-13,19-20H,3-5,7-10H2. The molecule has 1 aromatic carbocycles. The Kier molecular flexibility index (Phi) is 3.01. The third-order valence-corrected chi connectivity index (χ3v) is 6.08. The van der Waals surface area contributed by atoms with E-state index < -0.39 is 0 Å². The quantitative estimate of drug-likeness (QED) is 0.878. The van der Waals surface area contributed by atoms with Gasteiger partial charge in [0.2, 0.25) is 0 Å². The van der Waals surface area contributed by atoms with Crippen LogP contribution in [0.4, 0.5) is 0 Å². The van der Waals surface area contributed by atoms with Crippen LogP contribution in [0.25, 0.3) is 0 Å². The molecule has 108 valence electrons. The molecule has 0 aliphatic heterocycles. The summed E-state index contributed by atoms with van der Waals surface area (Å²) in [5.74, 6) is 3.13. The van der Waals surface area contributed by atoms with Gasteiger partial charge in [0.15, 0.2) is 0 Å². The number of phenols is 1. The highest BCUT2D eigenvalue weighted by atomic mass is 35.5. The Bertz CT molecular complexity index is 492. The minimum Gasteiger partial charge on any atom is -0.508 e. The molecule has 1 aromatic rings. The molecule has 2 nitrogen and oxygen atoms in total. The maximum Gasteiger partial charge on any atom is 0.117 e. The number of nitrogens with one attached hydrogen (secondary N) is 1. The zero-order chi connectivity index (χ0) is 13.7. The summed E-state index contributed by atoms with van der Waals surface area (Å²) in [7, 11) is 0. The van der Waals surface area contributed by atoms with Crippen LogP contribution in [-0.2, 0) is 6.54 Å². The average Bonchev–Trinajstić information content (AvgIpc) is 2.36. The maximum atomic E-state index is 9.43. The van der Waals surface area contributed by atoms with Crippen molar-refractivity contribution in [2.75, 3.05) is 0 Å². The fourth-order valence-electron chi connectivity index (χ4n) is 5.29. The van der Waals surface area contributed by atoms with Gasteiger partial charge in [-0.25, -0.2) is 0 Å². The van der Waals surface area contributed by atoms with Gasteiger partial charge in [-0.15, -0.1) is 0 Å². The van der Waals surface area contributed by atoms with Gasteiger partial charge in [-0.2, -0.15) is 0 Å². The minimum absolute atomic E-state index is 0.244. The maximum absolute atomic E-state index is 9.43. The number of aromatic hydroxyl groups is 1. The molecule has 0 spiro atoms. The van der Waals surface area contributed by atoms with E-state index in [9.17, 15) is 5.11 Å². The molecule has 4 fully saturated rings. The van der Waals surface area contributed by atoms with Gasteiger partial charge in [0, 0.05) is 17.1 Å². The first-order valence-corrected chi connectivity index (χ1v) is 8.22. The summed E-state index contributed by atoms with van der Waals surface area (Å²) in [4.78, 5) is 0. The van der Waals surface area contributed by atoms with Gasteiger partial charge in [0.1, 0.15) is 5.75 Å². The van der Waals surface area contributed by atoms with Crippen molar-refractivity contribution >= 4 is 11.6 Å². The summed E-state index contributed by atoms with van der Waals surface area (Å²) in [6, 6.07) is 5.30. The van der Waals surface area contributed by atoms with Crippen LogP contribution in [0.1, 0.15) is 44.1 Å². The van der Waals surface area contributed by atoms with E-state index in [4.69, 9.17) is 11.6 Å². The van der Waals surface area contributed by atoms with Gasteiger partial charge in [0.05, 0.1) is 0 Å². The molecule has 20 heavy (non-hydrogen) atoms. The molecule has 4 aliphatic carbocycles. The van der Waals surface area contributed by atoms with Crippen molar-refractivity contribution in [2.24, 2.45) is 17.8 Å². The fraction of sp³-hybridized carbons (Fsp3) is 0.647. The first kappa shape index (κ1) is 13.0. The van der Waals surface area contributed by atoms with Crippen molar-refractivity contribution in [3.63, 3.8) is 0 Å². The van der Waals surface area contributed by atoms with Crippen LogP contribution in [0.15, 0.2) is 18.2 Å². The number of hydrogen-bond donors (Lipinski definition) is 2. The molecule has 2 N–H and O–H groups in total. The molecule has 0 amide bonds. The third-order valence-electron chi connectivity index (χ3n) is 5.73. The molecular weight excluding hydrogens is 270 g/mol. The molecule has 0 radical (unpaired) electrons. The van der Waals surface area contributed by atoms with E-state index in [1.807, 2.05) is 6.07 Å². The van der Waals surface area contributed by atoms with E-state index in [-0.39, 0.29) is 5.75 Å². The second kappa shape index (κ2) is 4.64. The summed E-state index contributed by atoms with van der Waals surface area (Å²) in [5.41, 5.74) is 1.47. The monoisotopic (exact) mass is 291 g/mol. The predicted molar refractivity (Wildman–Crippen MR) is 80.9 cm³/mol. The van der Waals surface area contributed by atoms with Crippen LogP contribution < -0.4 is 5.32 Å². The molecule has 0 aromatic heterocycles. The Balaban J connectivity index is 1.49. The number of rotatable bonds is 3. The van der Waals surface area contributed by atoms with Gasteiger partial charge < -0.3 is 10.4 Å². The van der Waals surface area contributed by atoms with Gasteiger partial charge in [-0.1, -0.05) is 17.7 Å². The molecule has 0 atom stereocenters. The van der Waals surface area contributed by atoms with Crippen molar-refractivity contribution in [2.45, 2.75) is 50.6 Å². The SMILES string of the molecule is Oc1ccc(CNC23CC4CC(CC(C4)C2)C3)c(Cl)c1. The van der Waals surface area contributed by atoms with E-state index >= 15 is 0 Å². The van der Waals surface area contributed by atoms with E-state index in [0.717, 1.165) is 29.9 Å². The highest BCUT2D eigenvalue weighted by Crippen LogP contribution is 2.55. The molecule has 4 saturated carbocycles. The fourth-order valence-corrected chi connectivity index (χ4v) is 5.53. The normalized spacial score (nSPS) is 38.4. The van der Waals surface area contributed by atoms with Gasteiger partial charge in [-0.3, -0.25) is 0 Å². The van der Waals surface area contributed by atoms with Crippen LogP contribution in [0.5, 0.6) is 5.75 Å². The Morgan fingerprint density at radius 2 is 1.70 bits per heavy atom. The number of benzene rings is 1. The minimum atomic E-state index is 0.244. The second-order valence-electron chi connectivity index (χ2n) is 7.33. The van der Waals surface area contributed by atoms with E-state index in [2.05, 4.69) is 5.32 Å². The highest BCUT2D eigenvalue weighted by Gasteiger charge is 2.50.